The van der Waals surface area contributed by atoms with Crippen LogP contribution < -0.4 is 5.32 Å². The van der Waals surface area contributed by atoms with E-state index in [0.717, 1.165) is 28.6 Å². The molecular formula is C25H21F3N2O2. The number of para-hydroxylation sites is 1. The molecule has 1 aromatic heterocycles. The predicted octanol–water partition coefficient (Wildman–Crippen LogP) is 5.62. The number of aromatic nitrogens is 1. The molecule has 0 amide bonds. The van der Waals surface area contributed by atoms with Crippen LogP contribution >= 0.6 is 0 Å². The maximum absolute atomic E-state index is 13.1. The summed E-state index contributed by atoms with van der Waals surface area (Å²) < 4.78 is 41.3. The van der Waals surface area contributed by atoms with Gasteiger partial charge in [0.05, 0.1) is 12.0 Å². The lowest BCUT2D eigenvalue weighted by atomic mass is 10.1. The molecule has 0 fully saturated rings. The molecule has 7 heteroatoms. The van der Waals surface area contributed by atoms with Gasteiger partial charge in [-0.3, -0.25) is 10.1 Å². The molecule has 0 radical (unpaired) electrons. The summed E-state index contributed by atoms with van der Waals surface area (Å²) in [7, 11) is 0. The molecule has 0 bridgehead atoms. The minimum atomic E-state index is -4.41. The van der Waals surface area contributed by atoms with Crippen LogP contribution in [0.3, 0.4) is 0 Å². The number of nitrogens with one attached hydrogen (secondary N) is 1. The van der Waals surface area contributed by atoms with Crippen LogP contribution in [0.15, 0.2) is 85.1 Å². The molecule has 164 valence electrons. The zero-order valence-electron chi connectivity index (χ0n) is 17.0. The lowest BCUT2D eigenvalue weighted by molar-refractivity contribution is -0.138. The first-order valence-corrected chi connectivity index (χ1v) is 10.1. The van der Waals surface area contributed by atoms with E-state index in [1.807, 2.05) is 59.2 Å². The number of hydrogen-bond donors (Lipinski definition) is 2. The number of benzene rings is 3. The van der Waals surface area contributed by atoms with Gasteiger partial charge in [0.15, 0.2) is 0 Å². The molecule has 0 spiro atoms. The zero-order valence-corrected chi connectivity index (χ0v) is 17.0. The topological polar surface area (TPSA) is 54.3 Å². The fourth-order valence-electron chi connectivity index (χ4n) is 3.88. The number of rotatable bonds is 7. The standard InChI is InChI=1S/C25H21F3N2O2/c26-25(27,28)20-10-6-7-17(13-20)15-29-24(18-8-2-1-3-9-18)30-16-19(14-23(31)32)21-11-4-5-12-22(21)30/h1-13,16,24,29H,14-15H2,(H,31,32). The van der Waals surface area contributed by atoms with Crippen molar-refractivity contribution in [1.29, 1.82) is 0 Å². The van der Waals surface area contributed by atoms with Gasteiger partial charge in [0, 0.05) is 23.6 Å². The van der Waals surface area contributed by atoms with E-state index in [-0.39, 0.29) is 13.0 Å². The molecule has 0 aliphatic rings. The van der Waals surface area contributed by atoms with Crippen molar-refractivity contribution in [3.63, 3.8) is 0 Å². The van der Waals surface area contributed by atoms with Crippen molar-refractivity contribution < 1.29 is 23.1 Å². The van der Waals surface area contributed by atoms with Crippen molar-refractivity contribution >= 4 is 16.9 Å². The van der Waals surface area contributed by atoms with Crippen LogP contribution in [-0.4, -0.2) is 15.6 Å². The smallest absolute Gasteiger partial charge is 0.416 e. The number of carboxylic acid groups (broad SMARTS) is 1. The Labute approximate surface area is 182 Å². The molecule has 0 aliphatic carbocycles. The number of alkyl halides is 3. The summed E-state index contributed by atoms with van der Waals surface area (Å²) in [5.74, 6) is -0.930. The van der Waals surface area contributed by atoms with Gasteiger partial charge in [-0.1, -0.05) is 66.7 Å². The van der Waals surface area contributed by atoms with Crippen molar-refractivity contribution in [2.45, 2.75) is 25.3 Å². The van der Waals surface area contributed by atoms with Crippen molar-refractivity contribution in [1.82, 2.24) is 9.88 Å². The molecule has 4 nitrogen and oxygen atoms in total. The third-order valence-corrected chi connectivity index (χ3v) is 5.31. The first-order valence-electron chi connectivity index (χ1n) is 10.1. The van der Waals surface area contributed by atoms with Crippen LogP contribution in [0.2, 0.25) is 0 Å². The third-order valence-electron chi connectivity index (χ3n) is 5.31. The van der Waals surface area contributed by atoms with Gasteiger partial charge >= 0.3 is 12.1 Å². The van der Waals surface area contributed by atoms with Crippen LogP contribution in [0.25, 0.3) is 10.9 Å². The number of hydrogen-bond acceptors (Lipinski definition) is 2. The lowest BCUT2D eigenvalue weighted by Crippen LogP contribution is -2.27. The quantitative estimate of drug-likeness (QED) is 0.394. The Bertz CT molecular complexity index is 1230. The normalized spacial score (nSPS) is 12.7. The Hall–Kier alpha value is -3.58. The number of nitrogens with zero attached hydrogens (tertiary/aromatic N) is 1. The summed E-state index contributed by atoms with van der Waals surface area (Å²) >= 11 is 0. The largest absolute Gasteiger partial charge is 0.481 e. The number of fused-ring (bicyclic) bond motifs is 1. The van der Waals surface area contributed by atoms with E-state index in [1.54, 1.807) is 12.3 Å². The van der Waals surface area contributed by atoms with Crippen LogP contribution in [0.1, 0.15) is 28.4 Å². The minimum absolute atomic E-state index is 0.122. The molecule has 32 heavy (non-hydrogen) atoms. The highest BCUT2D eigenvalue weighted by atomic mass is 19.4. The van der Waals surface area contributed by atoms with Crippen molar-refractivity contribution in [3.8, 4) is 0 Å². The van der Waals surface area contributed by atoms with Gasteiger partial charge in [-0.2, -0.15) is 13.2 Å². The van der Waals surface area contributed by atoms with Gasteiger partial charge in [0.1, 0.15) is 6.17 Å². The lowest BCUT2D eigenvalue weighted by Gasteiger charge is -2.23. The Morgan fingerprint density at radius 3 is 2.41 bits per heavy atom. The van der Waals surface area contributed by atoms with E-state index >= 15 is 0 Å². The van der Waals surface area contributed by atoms with Crippen LogP contribution in [0.4, 0.5) is 13.2 Å². The monoisotopic (exact) mass is 438 g/mol. The van der Waals surface area contributed by atoms with Crippen LogP contribution in [0, 0.1) is 0 Å². The Balaban J connectivity index is 1.73. The Kier molecular flexibility index (Phi) is 6.01. The Morgan fingerprint density at radius 1 is 0.969 bits per heavy atom. The molecule has 1 atom stereocenters. The summed E-state index contributed by atoms with van der Waals surface area (Å²) in [6.07, 6.45) is -3.13. The molecule has 0 saturated carbocycles. The van der Waals surface area contributed by atoms with E-state index in [4.69, 9.17) is 0 Å². The van der Waals surface area contributed by atoms with E-state index in [0.29, 0.717) is 11.1 Å². The van der Waals surface area contributed by atoms with Crippen LogP contribution in [0.5, 0.6) is 0 Å². The van der Waals surface area contributed by atoms with Crippen LogP contribution in [-0.2, 0) is 23.9 Å². The molecule has 0 aliphatic heterocycles. The molecule has 1 heterocycles. The summed E-state index contributed by atoms with van der Waals surface area (Å²) in [6, 6.07) is 22.2. The highest BCUT2D eigenvalue weighted by Gasteiger charge is 2.30. The van der Waals surface area contributed by atoms with Gasteiger partial charge in [-0.25, -0.2) is 0 Å². The number of halogens is 3. The molecule has 2 N–H and O–H groups in total. The zero-order chi connectivity index (χ0) is 22.7. The summed E-state index contributed by atoms with van der Waals surface area (Å²) in [5, 5.41) is 13.5. The van der Waals surface area contributed by atoms with E-state index in [9.17, 15) is 23.1 Å². The Morgan fingerprint density at radius 2 is 1.69 bits per heavy atom. The van der Waals surface area contributed by atoms with Gasteiger partial charge in [-0.05, 0) is 28.8 Å². The molecule has 3 aromatic carbocycles. The van der Waals surface area contributed by atoms with Gasteiger partial charge in [-0.15, -0.1) is 0 Å². The average Bonchev–Trinajstić information content (AvgIpc) is 3.12. The van der Waals surface area contributed by atoms with Crippen molar-refractivity contribution in [2.75, 3.05) is 0 Å². The molecule has 4 rings (SSSR count). The van der Waals surface area contributed by atoms with E-state index < -0.39 is 23.9 Å². The third kappa shape index (κ3) is 4.68. The summed E-state index contributed by atoms with van der Waals surface area (Å²) in [6.45, 7) is 0.199. The average molecular weight is 438 g/mol. The van der Waals surface area contributed by atoms with Crippen molar-refractivity contribution in [2.24, 2.45) is 0 Å². The van der Waals surface area contributed by atoms with E-state index in [1.165, 1.54) is 6.07 Å². The minimum Gasteiger partial charge on any atom is -0.481 e. The fraction of sp³-hybridized carbons (Fsp3) is 0.160. The molecule has 4 aromatic rings. The fourth-order valence-corrected chi connectivity index (χ4v) is 3.88. The second-order valence-corrected chi connectivity index (χ2v) is 7.54. The maximum atomic E-state index is 13.1. The number of carbonyl (C=O) groups is 1. The highest BCUT2D eigenvalue weighted by molar-refractivity contribution is 5.87. The van der Waals surface area contributed by atoms with Gasteiger partial charge in [0.2, 0.25) is 0 Å². The van der Waals surface area contributed by atoms with Gasteiger partial charge in [0.25, 0.3) is 0 Å². The summed E-state index contributed by atoms with van der Waals surface area (Å²) in [4.78, 5) is 11.4. The maximum Gasteiger partial charge on any atom is 0.416 e. The van der Waals surface area contributed by atoms with Gasteiger partial charge < -0.3 is 9.67 Å². The summed E-state index contributed by atoms with van der Waals surface area (Å²) in [5.41, 5.74) is 2.23. The highest BCUT2D eigenvalue weighted by Crippen LogP contribution is 2.30. The SMILES string of the molecule is O=C(O)Cc1cn(C(NCc2cccc(C(F)(F)F)c2)c2ccccc2)c2ccccc12. The number of aliphatic carboxylic acids is 1. The second kappa shape index (κ2) is 8.88. The number of carboxylic acids is 1. The second-order valence-electron chi connectivity index (χ2n) is 7.54. The molecule has 1 unspecified atom stereocenters. The molecule has 0 saturated heterocycles. The predicted molar refractivity (Wildman–Crippen MR) is 116 cm³/mol. The first-order chi connectivity index (χ1) is 15.3. The van der Waals surface area contributed by atoms with E-state index in [2.05, 4.69) is 5.32 Å². The molecular weight excluding hydrogens is 417 g/mol. The van der Waals surface area contributed by atoms with Crippen molar-refractivity contribution in [3.05, 3.63) is 107 Å². The first kappa shape index (κ1) is 21.6.